The van der Waals surface area contributed by atoms with Gasteiger partial charge in [0.15, 0.2) is 5.82 Å². The van der Waals surface area contributed by atoms with Crippen LogP contribution in [0.2, 0.25) is 0 Å². The number of hydrogen-bond donors (Lipinski definition) is 3. The molecule has 1 aromatic heterocycles. The van der Waals surface area contributed by atoms with Gasteiger partial charge in [-0.15, -0.1) is 5.10 Å². The average molecular weight is 236 g/mol. The first-order chi connectivity index (χ1) is 8.18. The Kier molecular flexibility index (Phi) is 3.53. The zero-order valence-electron chi connectivity index (χ0n) is 9.52. The first kappa shape index (κ1) is 11.8. The van der Waals surface area contributed by atoms with Crippen molar-refractivity contribution in [2.75, 3.05) is 11.9 Å². The maximum Gasteiger partial charge on any atom is 0.320 e. The molecular weight excluding hydrogens is 220 g/mol. The third kappa shape index (κ3) is 3.39. The van der Waals surface area contributed by atoms with Gasteiger partial charge in [0.2, 0.25) is 0 Å². The molecule has 0 spiro atoms. The van der Waals surface area contributed by atoms with E-state index in [0.717, 1.165) is 25.7 Å². The normalized spacial score (nSPS) is 17.7. The summed E-state index contributed by atoms with van der Waals surface area (Å²) in [5.41, 5.74) is -0.736. The lowest BCUT2D eigenvalue weighted by molar-refractivity contribution is 0.0506. The molecule has 6 heteroatoms. The summed E-state index contributed by atoms with van der Waals surface area (Å²) >= 11 is 0. The first-order valence-corrected chi connectivity index (χ1v) is 5.73. The monoisotopic (exact) mass is 236 g/mol. The van der Waals surface area contributed by atoms with Crippen LogP contribution in [0.25, 0.3) is 0 Å². The predicted octanol–water partition coefficient (Wildman–Crippen LogP) is 0.903. The van der Waals surface area contributed by atoms with E-state index < -0.39 is 5.60 Å². The molecule has 0 radical (unpaired) electrons. The summed E-state index contributed by atoms with van der Waals surface area (Å²) in [7, 11) is 0. The average Bonchev–Trinajstić information content (AvgIpc) is 2.76. The van der Waals surface area contributed by atoms with E-state index in [1.807, 2.05) is 0 Å². The molecule has 0 aromatic carbocycles. The van der Waals surface area contributed by atoms with Gasteiger partial charge in [-0.1, -0.05) is 12.8 Å². The van der Waals surface area contributed by atoms with Crippen LogP contribution in [0.5, 0.6) is 0 Å². The number of anilines is 1. The number of carbonyl (C=O) groups excluding carboxylic acids is 1. The number of urea groups is 1. The molecule has 0 bridgehead atoms. The maximum atomic E-state index is 11.5. The van der Waals surface area contributed by atoms with Crippen molar-refractivity contribution in [3.63, 3.8) is 0 Å². The van der Waals surface area contributed by atoms with Gasteiger partial charge in [-0.05, 0) is 25.0 Å². The van der Waals surface area contributed by atoms with E-state index in [0.29, 0.717) is 5.82 Å². The van der Waals surface area contributed by atoms with E-state index in [2.05, 4.69) is 20.8 Å². The number of amides is 2. The van der Waals surface area contributed by atoms with Gasteiger partial charge in [0, 0.05) is 12.7 Å². The second-order valence-electron chi connectivity index (χ2n) is 4.35. The van der Waals surface area contributed by atoms with Gasteiger partial charge in [-0.3, -0.25) is 5.32 Å². The minimum atomic E-state index is -0.736. The fourth-order valence-electron chi connectivity index (χ4n) is 1.98. The van der Waals surface area contributed by atoms with Crippen molar-refractivity contribution < 1.29 is 9.90 Å². The summed E-state index contributed by atoms with van der Waals surface area (Å²) in [6.07, 6.45) is 5.06. The van der Waals surface area contributed by atoms with Crippen molar-refractivity contribution in [2.45, 2.75) is 31.3 Å². The van der Waals surface area contributed by atoms with Gasteiger partial charge in [-0.2, -0.15) is 5.10 Å². The standard InChI is InChI=1S/C11H16N4O2/c16-10(14-9-4-3-7-13-15-9)12-8-11(17)5-1-2-6-11/h3-4,7,17H,1-2,5-6,8H2,(H2,12,14,15,16). The highest BCUT2D eigenvalue weighted by Gasteiger charge is 2.31. The molecule has 0 unspecified atom stereocenters. The zero-order valence-corrected chi connectivity index (χ0v) is 9.52. The van der Waals surface area contributed by atoms with Crippen molar-refractivity contribution in [1.82, 2.24) is 15.5 Å². The lowest BCUT2D eigenvalue weighted by Gasteiger charge is -2.22. The van der Waals surface area contributed by atoms with Crippen LogP contribution in [0.3, 0.4) is 0 Å². The van der Waals surface area contributed by atoms with Crippen LogP contribution in [0.15, 0.2) is 18.3 Å². The highest BCUT2D eigenvalue weighted by Crippen LogP contribution is 2.28. The number of nitrogens with zero attached hydrogens (tertiary/aromatic N) is 2. The Hall–Kier alpha value is -1.69. The lowest BCUT2D eigenvalue weighted by Crippen LogP contribution is -2.42. The molecule has 3 N–H and O–H groups in total. The van der Waals surface area contributed by atoms with E-state index >= 15 is 0 Å². The van der Waals surface area contributed by atoms with Crippen molar-refractivity contribution in [3.8, 4) is 0 Å². The minimum Gasteiger partial charge on any atom is -0.388 e. The molecular formula is C11H16N4O2. The summed E-state index contributed by atoms with van der Waals surface area (Å²) in [6, 6.07) is 2.97. The lowest BCUT2D eigenvalue weighted by atomic mass is 10.0. The van der Waals surface area contributed by atoms with Crippen molar-refractivity contribution >= 4 is 11.8 Å². The molecule has 92 valence electrons. The molecule has 0 saturated heterocycles. The molecule has 1 aliphatic carbocycles. The summed E-state index contributed by atoms with van der Waals surface area (Å²) in [6.45, 7) is 0.277. The Morgan fingerprint density at radius 2 is 2.24 bits per heavy atom. The van der Waals surface area contributed by atoms with E-state index in [-0.39, 0.29) is 12.6 Å². The number of aromatic nitrogens is 2. The number of nitrogens with one attached hydrogen (secondary N) is 2. The third-order valence-corrected chi connectivity index (χ3v) is 2.93. The minimum absolute atomic E-state index is 0.277. The van der Waals surface area contributed by atoms with Gasteiger partial charge in [0.25, 0.3) is 0 Å². The Morgan fingerprint density at radius 3 is 2.88 bits per heavy atom. The van der Waals surface area contributed by atoms with Gasteiger partial charge in [0.1, 0.15) is 0 Å². The largest absolute Gasteiger partial charge is 0.388 e. The summed E-state index contributed by atoms with van der Waals surface area (Å²) in [5.74, 6) is 0.392. The summed E-state index contributed by atoms with van der Waals surface area (Å²) in [5, 5.41) is 22.6. The van der Waals surface area contributed by atoms with Crippen LogP contribution in [0.4, 0.5) is 10.6 Å². The summed E-state index contributed by atoms with van der Waals surface area (Å²) in [4.78, 5) is 11.5. The van der Waals surface area contributed by atoms with E-state index in [1.54, 1.807) is 12.1 Å². The maximum absolute atomic E-state index is 11.5. The SMILES string of the molecule is O=C(NCC1(O)CCCC1)Nc1cccnn1. The van der Waals surface area contributed by atoms with Crippen LogP contribution in [0, 0.1) is 0 Å². The van der Waals surface area contributed by atoms with E-state index in [1.165, 1.54) is 6.20 Å². The molecule has 1 saturated carbocycles. The smallest absolute Gasteiger partial charge is 0.320 e. The molecule has 1 heterocycles. The molecule has 1 aliphatic rings. The molecule has 1 aromatic rings. The van der Waals surface area contributed by atoms with Crippen molar-refractivity contribution in [1.29, 1.82) is 0 Å². The second kappa shape index (κ2) is 5.09. The molecule has 2 amide bonds. The molecule has 1 fully saturated rings. The Balaban J connectivity index is 1.78. The van der Waals surface area contributed by atoms with Crippen molar-refractivity contribution in [2.24, 2.45) is 0 Å². The van der Waals surface area contributed by atoms with E-state index in [4.69, 9.17) is 0 Å². The number of carbonyl (C=O) groups is 1. The summed E-state index contributed by atoms with van der Waals surface area (Å²) < 4.78 is 0. The molecule has 6 nitrogen and oxygen atoms in total. The molecule has 17 heavy (non-hydrogen) atoms. The van der Waals surface area contributed by atoms with Crippen LogP contribution in [-0.2, 0) is 0 Å². The zero-order chi connectivity index (χ0) is 12.1. The third-order valence-electron chi connectivity index (χ3n) is 2.93. The quantitative estimate of drug-likeness (QED) is 0.727. The van der Waals surface area contributed by atoms with Crippen molar-refractivity contribution in [3.05, 3.63) is 18.3 Å². The van der Waals surface area contributed by atoms with Gasteiger partial charge in [-0.25, -0.2) is 4.79 Å². The topological polar surface area (TPSA) is 87.1 Å². The van der Waals surface area contributed by atoms with Gasteiger partial charge < -0.3 is 10.4 Å². The van der Waals surface area contributed by atoms with Crippen LogP contribution < -0.4 is 10.6 Å². The first-order valence-electron chi connectivity index (χ1n) is 5.73. The molecule has 0 atom stereocenters. The predicted molar refractivity (Wildman–Crippen MR) is 62.5 cm³/mol. The van der Waals surface area contributed by atoms with Crippen LogP contribution in [0.1, 0.15) is 25.7 Å². The highest BCUT2D eigenvalue weighted by molar-refractivity contribution is 5.88. The van der Waals surface area contributed by atoms with Gasteiger partial charge >= 0.3 is 6.03 Å². The Labute approximate surface area is 99.4 Å². The number of aliphatic hydroxyl groups is 1. The van der Waals surface area contributed by atoms with Gasteiger partial charge in [0.05, 0.1) is 5.60 Å². The molecule has 0 aliphatic heterocycles. The highest BCUT2D eigenvalue weighted by atomic mass is 16.3. The Bertz CT molecular complexity index is 376. The Morgan fingerprint density at radius 1 is 1.47 bits per heavy atom. The van der Waals surface area contributed by atoms with Crippen LogP contribution >= 0.6 is 0 Å². The molecule has 2 rings (SSSR count). The number of rotatable bonds is 3. The second-order valence-corrected chi connectivity index (χ2v) is 4.35. The fraction of sp³-hybridized carbons (Fsp3) is 0.545. The van der Waals surface area contributed by atoms with E-state index in [9.17, 15) is 9.90 Å². The fourth-order valence-corrected chi connectivity index (χ4v) is 1.98. The van der Waals surface area contributed by atoms with Crippen LogP contribution in [-0.4, -0.2) is 33.5 Å². The number of hydrogen-bond acceptors (Lipinski definition) is 4.